The summed E-state index contributed by atoms with van der Waals surface area (Å²) in [7, 11) is -2.64. The zero-order valence-electron chi connectivity index (χ0n) is 29.5. The highest BCUT2D eigenvalue weighted by Gasteiger charge is 2.62. The number of alkyl carbamates (subject to hydrolysis) is 1. The quantitative estimate of drug-likeness (QED) is 0.222. The number of rotatable bonds is 10. The molecule has 1 aliphatic heterocycles. The van der Waals surface area contributed by atoms with Gasteiger partial charge in [0.15, 0.2) is 0 Å². The van der Waals surface area contributed by atoms with Crippen molar-refractivity contribution in [2.45, 2.75) is 116 Å². The number of nitrogens with one attached hydrogen (secondary N) is 1. The van der Waals surface area contributed by atoms with Gasteiger partial charge < -0.3 is 23.6 Å². The standard InChI is InChI=1S/C39H55NO5Si/c1-36(2,3)45-35(41)40-39(28-42-46(43-29-39,37(4,5)6)38(7,8)9)26-14-18-31-22-24-33(25-23-31)44-34-19-13-17-32(27-34)21-20-30-15-11-10-12-16-30/h10-13,15-17,19,22-25,27H,14,18,20-21,26,28-29H2,1-9H3,(H,40,41). The molecular weight excluding hydrogens is 591 g/mol. The Kier molecular flexibility index (Phi) is 11.1. The Morgan fingerprint density at radius 1 is 0.717 bits per heavy atom. The molecule has 0 radical (unpaired) electrons. The van der Waals surface area contributed by atoms with Crippen LogP contribution in [-0.4, -0.2) is 39.0 Å². The minimum absolute atomic E-state index is 0.128. The highest BCUT2D eigenvalue weighted by molar-refractivity contribution is 6.73. The van der Waals surface area contributed by atoms with Crippen LogP contribution < -0.4 is 10.1 Å². The SMILES string of the molecule is CC(C)(C)OC(=O)NC1(CCCc2ccc(Oc3cccc(CCc4ccccc4)c3)cc2)CO[Si](C(C)(C)C)(C(C)(C)C)OC1. The summed E-state index contributed by atoms with van der Waals surface area (Å²) in [6, 6.07) is 27.2. The number of aryl methyl sites for hydroxylation is 3. The van der Waals surface area contributed by atoms with Crippen LogP contribution in [-0.2, 0) is 32.9 Å². The van der Waals surface area contributed by atoms with E-state index in [4.69, 9.17) is 18.3 Å². The molecule has 1 amide bonds. The second-order valence-corrected chi connectivity index (χ2v) is 20.6. The molecule has 1 N–H and O–H groups in total. The van der Waals surface area contributed by atoms with Crippen molar-refractivity contribution < 1.29 is 23.1 Å². The molecule has 1 aliphatic rings. The highest BCUT2D eigenvalue weighted by atomic mass is 28.4. The molecule has 1 fully saturated rings. The second-order valence-electron chi connectivity index (χ2n) is 15.8. The number of hydrogen-bond acceptors (Lipinski definition) is 5. The number of carbonyl (C=O) groups is 1. The molecule has 1 heterocycles. The fourth-order valence-corrected chi connectivity index (χ4v) is 11.6. The summed E-state index contributed by atoms with van der Waals surface area (Å²) in [4.78, 5) is 13.0. The van der Waals surface area contributed by atoms with Gasteiger partial charge in [0.25, 0.3) is 0 Å². The van der Waals surface area contributed by atoms with Gasteiger partial charge in [0, 0.05) is 10.1 Å². The Hall–Kier alpha value is -3.13. The maximum Gasteiger partial charge on any atom is 0.408 e. The first kappa shape index (κ1) is 35.7. The molecule has 0 spiro atoms. The largest absolute Gasteiger partial charge is 0.457 e. The third kappa shape index (κ3) is 9.46. The first-order valence-electron chi connectivity index (χ1n) is 16.7. The zero-order valence-corrected chi connectivity index (χ0v) is 30.5. The molecule has 4 rings (SSSR count). The predicted molar refractivity (Wildman–Crippen MR) is 189 cm³/mol. The van der Waals surface area contributed by atoms with Gasteiger partial charge >= 0.3 is 14.7 Å². The molecule has 7 heteroatoms. The molecule has 0 atom stereocenters. The van der Waals surface area contributed by atoms with Crippen LogP contribution in [0.5, 0.6) is 11.5 Å². The van der Waals surface area contributed by atoms with E-state index in [-0.39, 0.29) is 10.1 Å². The van der Waals surface area contributed by atoms with Gasteiger partial charge in [0.1, 0.15) is 17.1 Å². The van der Waals surface area contributed by atoms with Crippen molar-refractivity contribution in [2.75, 3.05) is 13.2 Å². The monoisotopic (exact) mass is 645 g/mol. The number of carbonyl (C=O) groups excluding carboxylic acids is 1. The van der Waals surface area contributed by atoms with E-state index in [2.05, 4.69) is 108 Å². The lowest BCUT2D eigenvalue weighted by atomic mass is 9.93. The molecular formula is C39H55NO5Si. The summed E-state index contributed by atoms with van der Waals surface area (Å²) in [5.41, 5.74) is 2.55. The van der Waals surface area contributed by atoms with Gasteiger partial charge in [-0.15, -0.1) is 0 Å². The lowest BCUT2D eigenvalue weighted by Gasteiger charge is -2.55. The molecule has 0 aliphatic carbocycles. The van der Waals surface area contributed by atoms with E-state index in [1.165, 1.54) is 16.7 Å². The molecule has 3 aromatic carbocycles. The molecule has 0 saturated carbocycles. The number of ether oxygens (including phenoxy) is 2. The van der Waals surface area contributed by atoms with E-state index in [1.807, 2.05) is 39.0 Å². The van der Waals surface area contributed by atoms with Gasteiger partial charge in [-0.1, -0.05) is 96.1 Å². The van der Waals surface area contributed by atoms with Crippen LogP contribution in [0.15, 0.2) is 78.9 Å². The van der Waals surface area contributed by atoms with E-state index in [0.717, 1.165) is 37.2 Å². The Balaban J connectivity index is 1.37. The molecule has 6 nitrogen and oxygen atoms in total. The predicted octanol–water partition coefficient (Wildman–Crippen LogP) is 9.94. The highest BCUT2D eigenvalue weighted by Crippen LogP contribution is 2.54. The van der Waals surface area contributed by atoms with Crippen molar-refractivity contribution in [3.63, 3.8) is 0 Å². The molecule has 1 saturated heterocycles. The molecule has 0 bridgehead atoms. The van der Waals surface area contributed by atoms with Crippen LogP contribution in [0.4, 0.5) is 4.79 Å². The van der Waals surface area contributed by atoms with Crippen molar-refractivity contribution in [3.05, 3.63) is 95.6 Å². The maximum absolute atomic E-state index is 13.0. The lowest BCUT2D eigenvalue weighted by molar-refractivity contribution is -0.0152. The van der Waals surface area contributed by atoms with Gasteiger partial charge in [0.2, 0.25) is 0 Å². The third-order valence-electron chi connectivity index (χ3n) is 8.57. The normalized spacial score (nSPS) is 16.5. The average Bonchev–Trinajstić information content (AvgIpc) is 2.96. The van der Waals surface area contributed by atoms with Gasteiger partial charge in [-0.3, -0.25) is 0 Å². The van der Waals surface area contributed by atoms with Crippen molar-refractivity contribution >= 4 is 14.7 Å². The van der Waals surface area contributed by atoms with Crippen LogP contribution >= 0.6 is 0 Å². The smallest absolute Gasteiger partial charge is 0.408 e. The Morgan fingerprint density at radius 2 is 1.28 bits per heavy atom. The van der Waals surface area contributed by atoms with Crippen LogP contribution in [0.25, 0.3) is 0 Å². The van der Waals surface area contributed by atoms with E-state index in [9.17, 15) is 4.79 Å². The van der Waals surface area contributed by atoms with Gasteiger partial charge in [0.05, 0.1) is 18.8 Å². The number of amides is 1. The van der Waals surface area contributed by atoms with Crippen LogP contribution in [0, 0.1) is 0 Å². The van der Waals surface area contributed by atoms with Crippen molar-refractivity contribution in [1.82, 2.24) is 5.32 Å². The molecule has 0 aromatic heterocycles. The Labute approximate surface area is 278 Å². The van der Waals surface area contributed by atoms with Crippen molar-refractivity contribution in [1.29, 1.82) is 0 Å². The first-order valence-corrected chi connectivity index (χ1v) is 18.5. The van der Waals surface area contributed by atoms with Gasteiger partial charge in [-0.05, 0) is 93.8 Å². The number of hydrogen-bond donors (Lipinski definition) is 1. The van der Waals surface area contributed by atoms with E-state index in [1.54, 1.807) is 0 Å². The lowest BCUT2D eigenvalue weighted by Crippen LogP contribution is -2.69. The minimum Gasteiger partial charge on any atom is -0.457 e. The summed E-state index contributed by atoms with van der Waals surface area (Å²) < 4.78 is 25.4. The maximum atomic E-state index is 13.0. The molecule has 46 heavy (non-hydrogen) atoms. The topological polar surface area (TPSA) is 66.0 Å². The third-order valence-corrected chi connectivity index (χ3v) is 13.6. The summed E-state index contributed by atoms with van der Waals surface area (Å²) in [5.74, 6) is 1.66. The fourth-order valence-electron chi connectivity index (χ4n) is 6.54. The fraction of sp³-hybridized carbons (Fsp3) is 0.513. The minimum atomic E-state index is -2.64. The van der Waals surface area contributed by atoms with E-state index in [0.29, 0.717) is 19.6 Å². The van der Waals surface area contributed by atoms with E-state index < -0.39 is 25.8 Å². The van der Waals surface area contributed by atoms with Crippen molar-refractivity contribution in [3.8, 4) is 11.5 Å². The number of benzene rings is 3. The summed E-state index contributed by atoms with van der Waals surface area (Å²) in [5, 5.41) is 2.91. The molecule has 250 valence electrons. The molecule has 0 unspecified atom stereocenters. The van der Waals surface area contributed by atoms with Gasteiger partial charge in [-0.25, -0.2) is 4.79 Å². The first-order chi connectivity index (χ1) is 21.5. The van der Waals surface area contributed by atoms with Gasteiger partial charge in [-0.2, -0.15) is 0 Å². The van der Waals surface area contributed by atoms with Crippen LogP contribution in [0.2, 0.25) is 10.1 Å². The molecule has 3 aromatic rings. The zero-order chi connectivity index (χ0) is 33.6. The Morgan fingerprint density at radius 3 is 1.87 bits per heavy atom. The van der Waals surface area contributed by atoms with E-state index >= 15 is 0 Å². The summed E-state index contributed by atoms with van der Waals surface area (Å²) >= 11 is 0. The van der Waals surface area contributed by atoms with Crippen LogP contribution in [0.1, 0.15) is 91.8 Å². The second kappa shape index (κ2) is 14.3. The average molecular weight is 646 g/mol. The van der Waals surface area contributed by atoms with Crippen molar-refractivity contribution in [2.24, 2.45) is 0 Å². The summed E-state index contributed by atoms with van der Waals surface area (Å²) in [6.45, 7) is 19.7. The van der Waals surface area contributed by atoms with Crippen LogP contribution in [0.3, 0.4) is 0 Å². The summed E-state index contributed by atoms with van der Waals surface area (Å²) in [6.07, 6.45) is 3.95. The Bertz CT molecular complexity index is 1390.